The van der Waals surface area contributed by atoms with Gasteiger partial charge in [-0.2, -0.15) is 0 Å². The fourth-order valence-corrected chi connectivity index (χ4v) is 3.25. The van der Waals surface area contributed by atoms with Crippen LogP contribution in [0.3, 0.4) is 0 Å². The first-order valence-corrected chi connectivity index (χ1v) is 8.62. The zero-order chi connectivity index (χ0) is 16.9. The van der Waals surface area contributed by atoms with Crippen LogP contribution in [-0.4, -0.2) is 39.0 Å². The zero-order valence-electron chi connectivity index (χ0n) is 14.4. The van der Waals surface area contributed by atoms with Crippen LogP contribution >= 0.6 is 0 Å². The van der Waals surface area contributed by atoms with E-state index in [4.69, 9.17) is 0 Å². The summed E-state index contributed by atoms with van der Waals surface area (Å²) in [5.74, 6) is 0.525. The molecule has 0 bridgehead atoms. The Morgan fingerprint density at radius 3 is 3.00 bits per heavy atom. The lowest BCUT2D eigenvalue weighted by molar-refractivity contribution is 0.192. The number of carbonyl (C=O) groups is 1. The lowest BCUT2D eigenvalue weighted by Gasteiger charge is -2.31. The van der Waals surface area contributed by atoms with Gasteiger partial charge in [-0.25, -0.2) is 4.79 Å². The van der Waals surface area contributed by atoms with Crippen molar-refractivity contribution < 1.29 is 4.79 Å². The summed E-state index contributed by atoms with van der Waals surface area (Å²) in [5.41, 5.74) is 4.13. The van der Waals surface area contributed by atoms with Gasteiger partial charge in [0.05, 0.1) is 6.20 Å². The maximum atomic E-state index is 12.4. The molecule has 1 aromatic heterocycles. The van der Waals surface area contributed by atoms with Crippen molar-refractivity contribution >= 4 is 6.03 Å². The predicted octanol–water partition coefficient (Wildman–Crippen LogP) is 2.56. The Labute approximate surface area is 142 Å². The number of aromatic nitrogens is 3. The lowest BCUT2D eigenvalue weighted by Crippen LogP contribution is -2.43. The molecule has 2 aromatic rings. The summed E-state index contributed by atoms with van der Waals surface area (Å²) in [7, 11) is 0. The van der Waals surface area contributed by atoms with E-state index in [1.165, 1.54) is 16.7 Å². The van der Waals surface area contributed by atoms with E-state index < -0.39 is 0 Å². The number of nitrogens with one attached hydrogen (secondary N) is 1. The Kier molecular flexibility index (Phi) is 5.13. The molecule has 0 unspecified atom stereocenters. The fraction of sp³-hybridized carbons (Fsp3) is 0.500. The van der Waals surface area contributed by atoms with Gasteiger partial charge in [0.1, 0.15) is 0 Å². The smallest absolute Gasteiger partial charge is 0.317 e. The van der Waals surface area contributed by atoms with Crippen LogP contribution in [0.2, 0.25) is 0 Å². The van der Waals surface area contributed by atoms with E-state index in [0.717, 1.165) is 25.9 Å². The van der Waals surface area contributed by atoms with Crippen molar-refractivity contribution in [3.05, 3.63) is 47.3 Å². The zero-order valence-corrected chi connectivity index (χ0v) is 14.4. The largest absolute Gasteiger partial charge is 0.338 e. The molecule has 3 rings (SSSR count). The third kappa shape index (κ3) is 3.75. The molecule has 24 heavy (non-hydrogen) atoms. The minimum Gasteiger partial charge on any atom is -0.338 e. The molecular weight excluding hydrogens is 302 g/mol. The molecule has 0 aliphatic carbocycles. The Morgan fingerprint density at radius 1 is 1.38 bits per heavy atom. The van der Waals surface area contributed by atoms with Gasteiger partial charge in [0.25, 0.3) is 0 Å². The highest BCUT2D eigenvalue weighted by Gasteiger charge is 2.22. The van der Waals surface area contributed by atoms with Gasteiger partial charge in [-0.15, -0.1) is 5.10 Å². The van der Waals surface area contributed by atoms with Gasteiger partial charge in [-0.1, -0.05) is 37.3 Å². The van der Waals surface area contributed by atoms with Crippen LogP contribution in [0.25, 0.3) is 0 Å². The molecule has 0 spiro atoms. The van der Waals surface area contributed by atoms with Gasteiger partial charge in [0, 0.05) is 32.4 Å². The molecular formula is C18H25N5O. The second kappa shape index (κ2) is 7.47. The topological polar surface area (TPSA) is 63.1 Å². The summed E-state index contributed by atoms with van der Waals surface area (Å²) >= 11 is 0. The normalized spacial score (nSPS) is 13.9. The Hall–Kier alpha value is -2.37. The molecule has 1 aliphatic rings. The monoisotopic (exact) mass is 327 g/mol. The third-order valence-electron chi connectivity index (χ3n) is 4.52. The van der Waals surface area contributed by atoms with Crippen molar-refractivity contribution in [2.24, 2.45) is 0 Å². The molecule has 2 amide bonds. The summed E-state index contributed by atoms with van der Waals surface area (Å²) in [5, 5.41) is 10.7. The first-order valence-electron chi connectivity index (χ1n) is 8.62. The number of urea groups is 1. The number of benzene rings is 1. The van der Waals surface area contributed by atoms with Gasteiger partial charge in [-0.05, 0) is 35.4 Å². The average molecular weight is 327 g/mol. The SMILES string of the molecule is CC(C)c1cccc2c1CCN(C(=O)NCCCn1ccnn1)C2. The maximum Gasteiger partial charge on any atom is 0.317 e. The van der Waals surface area contributed by atoms with Crippen LogP contribution < -0.4 is 5.32 Å². The molecule has 1 aliphatic heterocycles. The minimum absolute atomic E-state index is 0.0224. The van der Waals surface area contributed by atoms with E-state index in [0.29, 0.717) is 19.0 Å². The molecule has 1 aromatic carbocycles. The summed E-state index contributed by atoms with van der Waals surface area (Å²) < 4.78 is 1.77. The number of nitrogens with zero attached hydrogens (tertiary/aromatic N) is 4. The number of carbonyl (C=O) groups excluding carboxylic acids is 1. The highest BCUT2D eigenvalue weighted by Crippen LogP contribution is 2.27. The van der Waals surface area contributed by atoms with Crippen LogP contribution in [-0.2, 0) is 19.5 Å². The van der Waals surface area contributed by atoms with Crippen LogP contribution in [0.5, 0.6) is 0 Å². The molecule has 0 saturated carbocycles. The molecule has 0 fully saturated rings. The quantitative estimate of drug-likeness (QED) is 0.859. The summed E-state index contributed by atoms with van der Waals surface area (Å²) in [6.45, 7) is 7.35. The van der Waals surface area contributed by atoms with E-state index >= 15 is 0 Å². The van der Waals surface area contributed by atoms with E-state index in [1.807, 2.05) is 11.1 Å². The summed E-state index contributed by atoms with van der Waals surface area (Å²) in [6, 6.07) is 6.48. The molecule has 2 heterocycles. The van der Waals surface area contributed by atoms with Crippen molar-refractivity contribution in [3.63, 3.8) is 0 Å². The van der Waals surface area contributed by atoms with Crippen molar-refractivity contribution in [2.45, 2.75) is 45.7 Å². The first kappa shape index (κ1) is 16.5. The fourth-order valence-electron chi connectivity index (χ4n) is 3.25. The van der Waals surface area contributed by atoms with Gasteiger partial charge >= 0.3 is 6.03 Å². The molecule has 0 atom stereocenters. The highest BCUT2D eigenvalue weighted by atomic mass is 16.2. The lowest BCUT2D eigenvalue weighted by atomic mass is 9.89. The summed E-state index contributed by atoms with van der Waals surface area (Å²) in [6.07, 6.45) is 5.28. The molecule has 1 N–H and O–H groups in total. The van der Waals surface area contributed by atoms with E-state index in [-0.39, 0.29) is 6.03 Å². The predicted molar refractivity (Wildman–Crippen MR) is 92.7 cm³/mol. The van der Waals surface area contributed by atoms with E-state index in [1.54, 1.807) is 10.9 Å². The number of hydrogen-bond acceptors (Lipinski definition) is 3. The number of amides is 2. The molecule has 0 saturated heterocycles. The van der Waals surface area contributed by atoms with Crippen molar-refractivity contribution in [2.75, 3.05) is 13.1 Å². The third-order valence-corrected chi connectivity index (χ3v) is 4.52. The van der Waals surface area contributed by atoms with Crippen molar-refractivity contribution in [3.8, 4) is 0 Å². The average Bonchev–Trinajstić information content (AvgIpc) is 3.10. The number of fused-ring (bicyclic) bond motifs is 1. The second-order valence-corrected chi connectivity index (χ2v) is 6.56. The van der Waals surface area contributed by atoms with Crippen LogP contribution in [0.4, 0.5) is 4.79 Å². The molecule has 128 valence electrons. The van der Waals surface area contributed by atoms with Gasteiger partial charge in [0.15, 0.2) is 0 Å². The standard InChI is InChI=1S/C18H25N5O/c1-14(2)16-6-3-5-15-13-22(11-7-17(15)16)18(24)19-8-4-10-23-12-9-20-21-23/h3,5-6,9,12,14H,4,7-8,10-11,13H2,1-2H3,(H,19,24). The van der Waals surface area contributed by atoms with Crippen LogP contribution in [0, 0.1) is 0 Å². The number of hydrogen-bond donors (Lipinski definition) is 1. The Bertz CT molecular complexity index is 681. The van der Waals surface area contributed by atoms with E-state index in [9.17, 15) is 4.79 Å². The van der Waals surface area contributed by atoms with Gasteiger partial charge < -0.3 is 10.2 Å². The molecule has 6 heteroatoms. The van der Waals surface area contributed by atoms with E-state index in [2.05, 4.69) is 47.7 Å². The molecule has 0 radical (unpaired) electrons. The van der Waals surface area contributed by atoms with Crippen LogP contribution in [0.15, 0.2) is 30.6 Å². The summed E-state index contributed by atoms with van der Waals surface area (Å²) in [4.78, 5) is 14.3. The van der Waals surface area contributed by atoms with Crippen molar-refractivity contribution in [1.29, 1.82) is 0 Å². The highest BCUT2D eigenvalue weighted by molar-refractivity contribution is 5.74. The second-order valence-electron chi connectivity index (χ2n) is 6.56. The van der Waals surface area contributed by atoms with Crippen LogP contribution in [0.1, 0.15) is 42.9 Å². The van der Waals surface area contributed by atoms with Gasteiger partial charge in [-0.3, -0.25) is 4.68 Å². The minimum atomic E-state index is 0.0224. The first-order chi connectivity index (χ1) is 11.6. The number of rotatable bonds is 5. The number of aryl methyl sites for hydroxylation is 1. The maximum absolute atomic E-state index is 12.4. The van der Waals surface area contributed by atoms with Crippen molar-refractivity contribution in [1.82, 2.24) is 25.2 Å². The Morgan fingerprint density at radius 2 is 2.25 bits per heavy atom. The van der Waals surface area contributed by atoms with Gasteiger partial charge in [0.2, 0.25) is 0 Å². The molecule has 6 nitrogen and oxygen atoms in total. The Balaban J connectivity index is 1.51.